The highest BCUT2D eigenvalue weighted by Gasteiger charge is 2.01. The summed E-state index contributed by atoms with van der Waals surface area (Å²) in [5.41, 5.74) is 5.38. The Labute approximate surface area is 136 Å². The molecule has 1 rings (SSSR count). The lowest BCUT2D eigenvalue weighted by atomic mass is 10.3. The molecule has 0 unspecified atom stereocenters. The predicted molar refractivity (Wildman–Crippen MR) is 90.0 cm³/mol. The van der Waals surface area contributed by atoms with E-state index in [1.54, 1.807) is 11.8 Å². The summed E-state index contributed by atoms with van der Waals surface area (Å²) in [6.45, 7) is 1.42. The average molecular weight is 337 g/mol. The molecule has 0 aromatic heterocycles. The molecule has 6 heteroatoms. The molecule has 114 valence electrons. The Kier molecular flexibility index (Phi) is 12.1. The lowest BCUT2D eigenvalue weighted by Gasteiger charge is -2.05. The zero-order chi connectivity index (χ0) is 13.9. The van der Waals surface area contributed by atoms with Crippen molar-refractivity contribution >= 4 is 41.7 Å². The summed E-state index contributed by atoms with van der Waals surface area (Å²) in [5.74, 6) is 1.08. The summed E-state index contributed by atoms with van der Waals surface area (Å²) >= 11 is 7.56. The quantitative estimate of drug-likeness (QED) is 0.536. The second-order valence-electron chi connectivity index (χ2n) is 4.25. The molecule has 1 amide bonds. The summed E-state index contributed by atoms with van der Waals surface area (Å²) in [5, 5.41) is 3.65. The van der Waals surface area contributed by atoms with Gasteiger partial charge in [-0.3, -0.25) is 4.79 Å². The molecule has 0 heterocycles. The van der Waals surface area contributed by atoms with Crippen molar-refractivity contribution in [2.45, 2.75) is 30.6 Å². The van der Waals surface area contributed by atoms with Crippen molar-refractivity contribution in [2.24, 2.45) is 5.73 Å². The van der Waals surface area contributed by atoms with Crippen molar-refractivity contribution in [3.63, 3.8) is 0 Å². The van der Waals surface area contributed by atoms with Crippen LogP contribution in [0, 0.1) is 0 Å². The summed E-state index contributed by atoms with van der Waals surface area (Å²) in [4.78, 5) is 12.7. The van der Waals surface area contributed by atoms with Crippen LogP contribution in [-0.2, 0) is 4.79 Å². The van der Waals surface area contributed by atoms with Gasteiger partial charge in [-0.05, 0) is 55.8 Å². The molecule has 0 spiro atoms. The number of hydrogen-bond donors (Lipinski definition) is 2. The van der Waals surface area contributed by atoms with Gasteiger partial charge in [0, 0.05) is 22.9 Å². The number of carbonyl (C=O) groups is 1. The molecule has 3 N–H and O–H groups in total. The van der Waals surface area contributed by atoms with Crippen LogP contribution >= 0.6 is 35.8 Å². The van der Waals surface area contributed by atoms with E-state index in [0.717, 1.165) is 36.6 Å². The van der Waals surface area contributed by atoms with Crippen molar-refractivity contribution in [3.8, 4) is 0 Å². The molecule has 1 aromatic rings. The van der Waals surface area contributed by atoms with Crippen molar-refractivity contribution in [2.75, 3.05) is 18.8 Å². The monoisotopic (exact) mass is 336 g/mol. The van der Waals surface area contributed by atoms with Crippen LogP contribution < -0.4 is 11.1 Å². The molecule has 0 aliphatic carbocycles. The van der Waals surface area contributed by atoms with E-state index < -0.39 is 0 Å². The molecular formula is C14H22Cl2N2OS. The molecule has 3 nitrogen and oxygen atoms in total. The lowest BCUT2D eigenvalue weighted by Crippen LogP contribution is -2.24. The first-order valence-electron chi connectivity index (χ1n) is 6.57. The summed E-state index contributed by atoms with van der Waals surface area (Å²) in [7, 11) is 0. The molecule has 20 heavy (non-hydrogen) atoms. The zero-order valence-electron chi connectivity index (χ0n) is 11.4. The van der Waals surface area contributed by atoms with E-state index in [2.05, 4.69) is 5.32 Å². The van der Waals surface area contributed by atoms with E-state index in [-0.39, 0.29) is 18.3 Å². The molecule has 0 bridgehead atoms. The van der Waals surface area contributed by atoms with Crippen LogP contribution in [-0.4, -0.2) is 24.7 Å². The van der Waals surface area contributed by atoms with Gasteiger partial charge >= 0.3 is 0 Å². The maximum atomic E-state index is 11.5. The lowest BCUT2D eigenvalue weighted by molar-refractivity contribution is -0.121. The Balaban J connectivity index is 0.00000361. The minimum absolute atomic E-state index is 0. The topological polar surface area (TPSA) is 55.1 Å². The van der Waals surface area contributed by atoms with Gasteiger partial charge in [-0.1, -0.05) is 11.6 Å². The molecule has 0 saturated carbocycles. The first-order valence-corrected chi connectivity index (χ1v) is 7.94. The fraction of sp³-hybridized carbons (Fsp3) is 0.500. The number of carbonyl (C=O) groups excluding carboxylic acids is 1. The fourth-order valence-electron chi connectivity index (χ4n) is 1.54. The van der Waals surface area contributed by atoms with Gasteiger partial charge in [-0.2, -0.15) is 0 Å². The third kappa shape index (κ3) is 9.48. The minimum atomic E-state index is 0. The minimum Gasteiger partial charge on any atom is -0.356 e. The normalized spacial score (nSPS) is 9.90. The van der Waals surface area contributed by atoms with Crippen LogP contribution in [0.15, 0.2) is 29.2 Å². The molecule has 0 fully saturated rings. The van der Waals surface area contributed by atoms with E-state index in [4.69, 9.17) is 17.3 Å². The molecule has 1 aromatic carbocycles. The largest absolute Gasteiger partial charge is 0.356 e. The van der Waals surface area contributed by atoms with E-state index in [1.165, 1.54) is 4.90 Å². The van der Waals surface area contributed by atoms with Gasteiger partial charge in [-0.25, -0.2) is 0 Å². The highest BCUT2D eigenvalue weighted by Crippen LogP contribution is 2.21. The number of hydrogen-bond acceptors (Lipinski definition) is 3. The van der Waals surface area contributed by atoms with Crippen molar-refractivity contribution < 1.29 is 4.79 Å². The molecular weight excluding hydrogens is 315 g/mol. The van der Waals surface area contributed by atoms with Crippen molar-refractivity contribution in [1.82, 2.24) is 5.32 Å². The first-order chi connectivity index (χ1) is 9.22. The third-order valence-corrected chi connectivity index (χ3v) is 3.93. The smallest absolute Gasteiger partial charge is 0.220 e. The Bertz CT molecular complexity index is 374. The summed E-state index contributed by atoms with van der Waals surface area (Å²) in [6.07, 6.45) is 3.40. The van der Waals surface area contributed by atoms with Crippen molar-refractivity contribution in [3.05, 3.63) is 29.3 Å². The van der Waals surface area contributed by atoms with Gasteiger partial charge < -0.3 is 11.1 Å². The summed E-state index contributed by atoms with van der Waals surface area (Å²) < 4.78 is 0. The number of nitrogens with two attached hydrogens (primary N) is 1. The standard InChI is InChI=1S/C14H21ClN2OS.ClH/c15-12-5-7-13(8-6-12)19-11-3-4-14(18)17-10-2-1-9-16;/h5-8H,1-4,9-11,16H2,(H,17,18);1H. The number of thioether (sulfide) groups is 1. The van der Waals surface area contributed by atoms with Crippen molar-refractivity contribution in [1.29, 1.82) is 0 Å². The highest BCUT2D eigenvalue weighted by atomic mass is 35.5. The Hall–Kier alpha value is -0.420. The first kappa shape index (κ1) is 19.6. The molecule has 0 atom stereocenters. The van der Waals surface area contributed by atoms with Crippen LogP contribution in [0.1, 0.15) is 25.7 Å². The second kappa shape index (κ2) is 12.3. The number of unbranched alkanes of at least 4 members (excludes halogenated alkanes) is 1. The van der Waals surface area contributed by atoms with Gasteiger partial charge in [0.25, 0.3) is 0 Å². The van der Waals surface area contributed by atoms with Gasteiger partial charge in [0.1, 0.15) is 0 Å². The second-order valence-corrected chi connectivity index (χ2v) is 5.86. The number of rotatable bonds is 9. The number of nitrogens with one attached hydrogen (secondary N) is 1. The maximum absolute atomic E-state index is 11.5. The van der Waals surface area contributed by atoms with Crippen LogP contribution in [0.25, 0.3) is 0 Å². The van der Waals surface area contributed by atoms with Gasteiger partial charge in [-0.15, -0.1) is 24.2 Å². The van der Waals surface area contributed by atoms with E-state index in [1.807, 2.05) is 24.3 Å². The Morgan fingerprint density at radius 3 is 2.55 bits per heavy atom. The summed E-state index contributed by atoms with van der Waals surface area (Å²) in [6, 6.07) is 7.77. The molecule has 0 aliphatic rings. The molecule has 0 radical (unpaired) electrons. The Morgan fingerprint density at radius 1 is 1.20 bits per heavy atom. The number of benzene rings is 1. The van der Waals surface area contributed by atoms with Gasteiger partial charge in [0.2, 0.25) is 5.91 Å². The number of amides is 1. The van der Waals surface area contributed by atoms with Crippen LogP contribution in [0.4, 0.5) is 0 Å². The molecule has 0 aliphatic heterocycles. The van der Waals surface area contributed by atoms with Crippen LogP contribution in [0.5, 0.6) is 0 Å². The van der Waals surface area contributed by atoms with E-state index in [0.29, 0.717) is 13.0 Å². The van der Waals surface area contributed by atoms with Gasteiger partial charge in [0.15, 0.2) is 0 Å². The fourth-order valence-corrected chi connectivity index (χ4v) is 2.52. The zero-order valence-corrected chi connectivity index (χ0v) is 13.8. The van der Waals surface area contributed by atoms with Crippen LogP contribution in [0.3, 0.4) is 0 Å². The predicted octanol–water partition coefficient (Wildman–Crippen LogP) is 3.49. The van der Waals surface area contributed by atoms with E-state index >= 15 is 0 Å². The van der Waals surface area contributed by atoms with Crippen LogP contribution in [0.2, 0.25) is 5.02 Å². The molecule has 0 saturated heterocycles. The number of halogens is 2. The van der Waals surface area contributed by atoms with Gasteiger partial charge in [0.05, 0.1) is 0 Å². The highest BCUT2D eigenvalue weighted by molar-refractivity contribution is 7.99. The SMILES string of the molecule is Cl.NCCCCNC(=O)CCCSc1ccc(Cl)cc1. The third-order valence-electron chi connectivity index (χ3n) is 2.58. The Morgan fingerprint density at radius 2 is 1.90 bits per heavy atom. The maximum Gasteiger partial charge on any atom is 0.220 e. The van der Waals surface area contributed by atoms with E-state index in [9.17, 15) is 4.79 Å². The average Bonchev–Trinajstić information content (AvgIpc) is 2.42.